The van der Waals surface area contributed by atoms with Gasteiger partial charge in [0.25, 0.3) is 0 Å². The van der Waals surface area contributed by atoms with Crippen LogP contribution in [0.2, 0.25) is 5.02 Å². The summed E-state index contributed by atoms with van der Waals surface area (Å²) in [7, 11) is 3.42. The lowest BCUT2D eigenvalue weighted by atomic mass is 9.92. The van der Waals surface area contributed by atoms with E-state index in [0.29, 0.717) is 12.6 Å². The van der Waals surface area contributed by atoms with Gasteiger partial charge in [0.2, 0.25) is 5.91 Å². The largest absolute Gasteiger partial charge is 0.359 e. The summed E-state index contributed by atoms with van der Waals surface area (Å²) >= 11 is 5.95. The van der Waals surface area contributed by atoms with Crippen molar-refractivity contribution in [1.82, 2.24) is 20.9 Å². The Morgan fingerprint density at radius 3 is 2.39 bits per heavy atom. The molecular formula is C20H33ClIN5O. The van der Waals surface area contributed by atoms with Crippen molar-refractivity contribution in [1.29, 1.82) is 0 Å². The molecule has 0 radical (unpaired) electrons. The van der Waals surface area contributed by atoms with Crippen molar-refractivity contribution in [3.63, 3.8) is 0 Å². The average Bonchev–Trinajstić information content (AvgIpc) is 2.67. The van der Waals surface area contributed by atoms with Crippen molar-refractivity contribution in [2.24, 2.45) is 10.4 Å². The summed E-state index contributed by atoms with van der Waals surface area (Å²) in [4.78, 5) is 18.7. The van der Waals surface area contributed by atoms with Crippen LogP contribution in [0.5, 0.6) is 0 Å². The molecule has 1 heterocycles. The number of halogens is 2. The maximum absolute atomic E-state index is 11.9. The van der Waals surface area contributed by atoms with E-state index < -0.39 is 5.41 Å². The molecule has 0 bridgehead atoms. The Morgan fingerprint density at radius 2 is 1.86 bits per heavy atom. The van der Waals surface area contributed by atoms with Crippen LogP contribution in [0, 0.1) is 5.41 Å². The van der Waals surface area contributed by atoms with Gasteiger partial charge in [-0.2, -0.15) is 0 Å². The number of hydrogen-bond donors (Lipinski definition) is 3. The second-order valence-corrected chi connectivity index (χ2v) is 8.15. The van der Waals surface area contributed by atoms with E-state index in [1.54, 1.807) is 14.1 Å². The lowest BCUT2D eigenvalue weighted by Crippen LogP contribution is -2.51. The molecule has 3 N–H and O–H groups in total. The SMILES string of the molecule is CN=C(NCC(C)(C)C(=O)NC)NC1CCN(Cc2ccc(Cl)cc2)CC1.I. The van der Waals surface area contributed by atoms with Crippen molar-refractivity contribution in [2.75, 3.05) is 33.7 Å². The Hall–Kier alpha value is -1.06. The summed E-state index contributed by atoms with van der Waals surface area (Å²) in [5.74, 6) is 0.768. The number of amides is 1. The number of hydrogen-bond acceptors (Lipinski definition) is 3. The third-order valence-corrected chi connectivity index (χ3v) is 5.26. The summed E-state index contributed by atoms with van der Waals surface area (Å²) in [6.07, 6.45) is 2.13. The smallest absolute Gasteiger partial charge is 0.227 e. The van der Waals surface area contributed by atoms with E-state index in [0.717, 1.165) is 43.5 Å². The minimum Gasteiger partial charge on any atom is -0.359 e. The molecule has 8 heteroatoms. The lowest BCUT2D eigenvalue weighted by Gasteiger charge is -2.33. The molecule has 1 fully saturated rings. The zero-order chi connectivity index (χ0) is 19.9. The van der Waals surface area contributed by atoms with E-state index in [9.17, 15) is 4.79 Å². The van der Waals surface area contributed by atoms with Crippen molar-refractivity contribution in [2.45, 2.75) is 39.3 Å². The van der Waals surface area contributed by atoms with Crippen LogP contribution in [0.4, 0.5) is 0 Å². The molecule has 0 atom stereocenters. The standard InChI is InChI=1S/C20H32ClN5O.HI/c1-20(2,18(27)22-3)14-24-19(23-4)25-17-9-11-26(12-10-17)13-15-5-7-16(21)8-6-15;/h5-8,17H,9-14H2,1-4H3,(H,22,27)(H2,23,24,25);1H. The van der Waals surface area contributed by atoms with Crippen LogP contribution >= 0.6 is 35.6 Å². The Labute approximate surface area is 190 Å². The monoisotopic (exact) mass is 521 g/mol. The van der Waals surface area contributed by atoms with Gasteiger partial charge in [0.05, 0.1) is 5.41 Å². The zero-order valence-corrected chi connectivity index (χ0v) is 20.3. The lowest BCUT2D eigenvalue weighted by molar-refractivity contribution is -0.128. The molecule has 0 saturated carbocycles. The van der Waals surface area contributed by atoms with E-state index in [1.165, 1.54) is 5.56 Å². The minimum absolute atomic E-state index is 0. The highest BCUT2D eigenvalue weighted by Crippen LogP contribution is 2.16. The second kappa shape index (κ2) is 11.8. The predicted octanol–water partition coefficient (Wildman–Crippen LogP) is 2.86. The zero-order valence-electron chi connectivity index (χ0n) is 17.2. The molecule has 0 unspecified atom stereocenters. The fourth-order valence-electron chi connectivity index (χ4n) is 3.19. The normalized spacial score (nSPS) is 16.2. The van der Waals surface area contributed by atoms with E-state index >= 15 is 0 Å². The molecule has 1 aromatic rings. The molecule has 1 aliphatic heterocycles. The first kappa shape index (κ1) is 25.0. The van der Waals surface area contributed by atoms with Crippen molar-refractivity contribution >= 4 is 47.4 Å². The molecule has 0 spiro atoms. The molecule has 1 amide bonds. The first-order valence-electron chi connectivity index (χ1n) is 9.50. The molecule has 1 saturated heterocycles. The van der Waals surface area contributed by atoms with Gasteiger partial charge in [0.1, 0.15) is 0 Å². The molecule has 1 aliphatic rings. The maximum Gasteiger partial charge on any atom is 0.227 e. The predicted molar refractivity (Wildman–Crippen MR) is 128 cm³/mol. The number of rotatable bonds is 6. The number of carbonyl (C=O) groups excluding carboxylic acids is 1. The first-order chi connectivity index (χ1) is 12.8. The van der Waals surface area contributed by atoms with Gasteiger partial charge in [-0.25, -0.2) is 0 Å². The highest BCUT2D eigenvalue weighted by atomic mass is 127. The van der Waals surface area contributed by atoms with E-state index in [-0.39, 0.29) is 29.9 Å². The Morgan fingerprint density at radius 1 is 1.25 bits per heavy atom. The summed E-state index contributed by atoms with van der Waals surface area (Å²) in [5.41, 5.74) is 0.800. The van der Waals surface area contributed by atoms with Crippen LogP contribution in [0.3, 0.4) is 0 Å². The van der Waals surface area contributed by atoms with Crippen LogP contribution in [-0.4, -0.2) is 56.5 Å². The summed E-state index contributed by atoms with van der Waals surface area (Å²) in [6.45, 7) is 7.41. The van der Waals surface area contributed by atoms with Gasteiger partial charge in [-0.3, -0.25) is 14.7 Å². The number of likely N-dealkylation sites (tertiary alicyclic amines) is 1. The average molecular weight is 522 g/mol. The molecule has 0 aliphatic carbocycles. The molecule has 6 nitrogen and oxygen atoms in total. The Kier molecular flexibility index (Phi) is 10.5. The van der Waals surface area contributed by atoms with Crippen molar-refractivity contribution < 1.29 is 4.79 Å². The fourth-order valence-corrected chi connectivity index (χ4v) is 3.32. The second-order valence-electron chi connectivity index (χ2n) is 7.71. The molecule has 0 aromatic heterocycles. The number of piperidine rings is 1. The molecule has 2 rings (SSSR count). The van der Waals surface area contributed by atoms with Gasteiger partial charge in [-0.15, -0.1) is 24.0 Å². The van der Waals surface area contributed by atoms with Gasteiger partial charge in [0, 0.05) is 51.3 Å². The van der Waals surface area contributed by atoms with Crippen molar-refractivity contribution in [3.8, 4) is 0 Å². The fraction of sp³-hybridized carbons (Fsp3) is 0.600. The number of nitrogens with zero attached hydrogens (tertiary/aromatic N) is 2. The van der Waals surface area contributed by atoms with Crippen LogP contribution in [-0.2, 0) is 11.3 Å². The third kappa shape index (κ3) is 7.75. The topological polar surface area (TPSA) is 68.8 Å². The van der Waals surface area contributed by atoms with Gasteiger partial charge >= 0.3 is 0 Å². The highest BCUT2D eigenvalue weighted by Gasteiger charge is 2.27. The molecule has 158 valence electrons. The number of guanidine groups is 1. The number of aliphatic imine (C=N–C) groups is 1. The number of carbonyl (C=O) groups is 1. The van der Waals surface area contributed by atoms with E-state index in [4.69, 9.17) is 11.6 Å². The third-order valence-electron chi connectivity index (χ3n) is 5.01. The molecular weight excluding hydrogens is 489 g/mol. The quantitative estimate of drug-likeness (QED) is 0.306. The van der Waals surface area contributed by atoms with Crippen LogP contribution < -0.4 is 16.0 Å². The maximum atomic E-state index is 11.9. The summed E-state index contributed by atoms with van der Waals surface area (Å²) in [6, 6.07) is 8.46. The van der Waals surface area contributed by atoms with Crippen molar-refractivity contribution in [3.05, 3.63) is 34.9 Å². The molecule has 1 aromatic carbocycles. The van der Waals surface area contributed by atoms with Gasteiger partial charge < -0.3 is 16.0 Å². The number of nitrogens with one attached hydrogen (secondary N) is 3. The van der Waals surface area contributed by atoms with Crippen LogP contribution in [0.25, 0.3) is 0 Å². The first-order valence-corrected chi connectivity index (χ1v) is 9.88. The van der Waals surface area contributed by atoms with E-state index in [1.807, 2.05) is 26.0 Å². The summed E-state index contributed by atoms with van der Waals surface area (Å²) in [5, 5.41) is 10.3. The molecule has 28 heavy (non-hydrogen) atoms. The van der Waals surface area contributed by atoms with Crippen LogP contribution in [0.15, 0.2) is 29.3 Å². The van der Waals surface area contributed by atoms with Gasteiger partial charge in [-0.1, -0.05) is 23.7 Å². The highest BCUT2D eigenvalue weighted by molar-refractivity contribution is 14.0. The van der Waals surface area contributed by atoms with Gasteiger partial charge in [0.15, 0.2) is 5.96 Å². The van der Waals surface area contributed by atoms with Gasteiger partial charge in [-0.05, 0) is 44.4 Å². The minimum atomic E-state index is -0.492. The number of benzene rings is 1. The summed E-state index contributed by atoms with van der Waals surface area (Å²) < 4.78 is 0. The van der Waals surface area contributed by atoms with Crippen LogP contribution in [0.1, 0.15) is 32.3 Å². The Balaban J connectivity index is 0.00000392. The van der Waals surface area contributed by atoms with E-state index in [2.05, 4.69) is 38.0 Å². The Bertz CT molecular complexity index is 643.